The normalized spacial score (nSPS) is 20.1. The van der Waals surface area contributed by atoms with E-state index in [-0.39, 0.29) is 24.3 Å². The van der Waals surface area contributed by atoms with Crippen molar-refractivity contribution < 1.29 is 19.0 Å². The molecule has 1 saturated heterocycles. The van der Waals surface area contributed by atoms with Crippen molar-refractivity contribution in [2.45, 2.75) is 129 Å². The predicted octanol–water partition coefficient (Wildman–Crippen LogP) is 7.46. The summed E-state index contributed by atoms with van der Waals surface area (Å²) in [5.41, 5.74) is 0.565. The summed E-state index contributed by atoms with van der Waals surface area (Å²) in [5.74, 6) is 5.67. The second-order valence-electron chi connectivity index (χ2n) is 9.47. The van der Waals surface area contributed by atoms with Crippen LogP contribution in [0.2, 0.25) is 0 Å². The molecule has 184 valence electrons. The lowest BCUT2D eigenvalue weighted by atomic mass is 9.99. The zero-order chi connectivity index (χ0) is 23.9. The Morgan fingerprint density at radius 3 is 2.21 bits per heavy atom. The first-order valence-corrected chi connectivity index (χ1v) is 13.0. The minimum atomic E-state index is -0.658. The molecule has 0 amide bonds. The van der Waals surface area contributed by atoms with Crippen LogP contribution >= 0.6 is 0 Å². The van der Waals surface area contributed by atoms with Gasteiger partial charge in [0.15, 0.2) is 5.79 Å². The van der Waals surface area contributed by atoms with E-state index in [4.69, 9.17) is 14.2 Å². The molecule has 1 aromatic carbocycles. The second-order valence-corrected chi connectivity index (χ2v) is 9.47. The monoisotopic (exact) mass is 456 g/mol. The summed E-state index contributed by atoms with van der Waals surface area (Å²) in [6.45, 7) is 8.14. The Hall–Kier alpha value is -1.83. The minimum absolute atomic E-state index is 0.0589. The van der Waals surface area contributed by atoms with E-state index in [0.29, 0.717) is 12.0 Å². The average molecular weight is 457 g/mol. The molecule has 1 heterocycles. The van der Waals surface area contributed by atoms with Crippen LogP contribution in [0.3, 0.4) is 0 Å². The van der Waals surface area contributed by atoms with Crippen LogP contribution in [0.1, 0.15) is 115 Å². The molecule has 0 bridgehead atoms. The molecule has 4 heteroatoms. The van der Waals surface area contributed by atoms with Crippen molar-refractivity contribution >= 4 is 5.97 Å². The maximum absolute atomic E-state index is 12.6. The third-order valence-corrected chi connectivity index (χ3v) is 6.08. The molecular formula is C29H44O4. The average Bonchev–Trinajstić information content (AvgIpc) is 3.12. The molecule has 33 heavy (non-hydrogen) atoms. The molecule has 0 aliphatic carbocycles. The van der Waals surface area contributed by atoms with E-state index in [1.165, 1.54) is 32.1 Å². The molecule has 1 fully saturated rings. The molecular weight excluding hydrogens is 412 g/mol. The van der Waals surface area contributed by atoms with Crippen molar-refractivity contribution in [1.82, 2.24) is 0 Å². The van der Waals surface area contributed by atoms with Gasteiger partial charge >= 0.3 is 5.97 Å². The molecule has 0 radical (unpaired) electrons. The molecule has 0 unspecified atom stereocenters. The highest BCUT2D eigenvalue weighted by atomic mass is 16.8. The molecule has 0 saturated carbocycles. The van der Waals surface area contributed by atoms with Crippen LogP contribution in [0.5, 0.6) is 0 Å². The van der Waals surface area contributed by atoms with E-state index in [9.17, 15) is 4.79 Å². The Labute approximate surface area is 201 Å². The van der Waals surface area contributed by atoms with Gasteiger partial charge < -0.3 is 14.2 Å². The number of esters is 1. The first kappa shape index (κ1) is 27.4. The summed E-state index contributed by atoms with van der Waals surface area (Å²) in [6.07, 6.45) is 12.8. The van der Waals surface area contributed by atoms with E-state index >= 15 is 0 Å². The SMILES string of the molecule is CCCCCCC#CCCCCCC[C@@H]1OC(C)(C)O[C@H]1[C@H](CC)OC(=O)c1ccccc1. The fourth-order valence-corrected chi connectivity index (χ4v) is 4.29. The number of benzene rings is 1. The highest BCUT2D eigenvalue weighted by Crippen LogP contribution is 2.34. The number of carbonyl (C=O) groups excluding carboxylic acids is 1. The van der Waals surface area contributed by atoms with Crippen molar-refractivity contribution in [3.63, 3.8) is 0 Å². The number of rotatable bonds is 14. The van der Waals surface area contributed by atoms with E-state index in [2.05, 4.69) is 18.8 Å². The Bertz CT molecular complexity index is 731. The summed E-state index contributed by atoms with van der Waals surface area (Å²) >= 11 is 0. The Balaban J connectivity index is 1.73. The molecule has 0 spiro atoms. The third kappa shape index (κ3) is 10.3. The minimum Gasteiger partial charge on any atom is -0.456 e. The van der Waals surface area contributed by atoms with Gasteiger partial charge in [-0.2, -0.15) is 0 Å². The quantitative estimate of drug-likeness (QED) is 0.166. The van der Waals surface area contributed by atoms with Crippen LogP contribution in [0.15, 0.2) is 30.3 Å². The smallest absolute Gasteiger partial charge is 0.338 e. The van der Waals surface area contributed by atoms with E-state index in [0.717, 1.165) is 38.5 Å². The molecule has 4 nitrogen and oxygen atoms in total. The van der Waals surface area contributed by atoms with Gasteiger partial charge in [0.1, 0.15) is 12.2 Å². The maximum atomic E-state index is 12.6. The fourth-order valence-electron chi connectivity index (χ4n) is 4.29. The van der Waals surface area contributed by atoms with Gasteiger partial charge in [-0.25, -0.2) is 4.79 Å². The molecule has 1 aromatic rings. The molecule has 1 aliphatic rings. The van der Waals surface area contributed by atoms with Gasteiger partial charge in [-0.05, 0) is 51.7 Å². The standard InChI is InChI=1S/C29H44O4/c1-5-7-8-9-10-11-12-13-14-15-16-20-23-26-27(33-29(3,4)32-26)25(6-2)31-28(30)24-21-18-17-19-22-24/h17-19,21-22,25-27H,5-10,13-16,20,23H2,1-4H3/t25-,26-,27-/m0/s1. The van der Waals surface area contributed by atoms with E-state index in [1.807, 2.05) is 39.0 Å². The van der Waals surface area contributed by atoms with Gasteiger partial charge in [0.2, 0.25) is 0 Å². The summed E-state index contributed by atoms with van der Waals surface area (Å²) in [6, 6.07) is 9.14. The lowest BCUT2D eigenvalue weighted by Crippen LogP contribution is -2.38. The maximum Gasteiger partial charge on any atom is 0.338 e. The Morgan fingerprint density at radius 1 is 0.939 bits per heavy atom. The molecule has 2 rings (SSSR count). The Kier molecular flexibility index (Phi) is 12.6. The van der Waals surface area contributed by atoms with Crippen molar-refractivity contribution in [2.75, 3.05) is 0 Å². The topological polar surface area (TPSA) is 44.8 Å². The van der Waals surface area contributed by atoms with Crippen molar-refractivity contribution in [3.8, 4) is 11.8 Å². The van der Waals surface area contributed by atoms with Crippen molar-refractivity contribution in [3.05, 3.63) is 35.9 Å². The van der Waals surface area contributed by atoms with E-state index in [1.54, 1.807) is 12.1 Å². The zero-order valence-corrected chi connectivity index (χ0v) is 21.2. The zero-order valence-electron chi connectivity index (χ0n) is 21.2. The lowest BCUT2D eigenvalue weighted by Gasteiger charge is -2.26. The van der Waals surface area contributed by atoms with Crippen LogP contribution < -0.4 is 0 Å². The summed E-state index contributed by atoms with van der Waals surface area (Å²) in [4.78, 5) is 12.6. The molecule has 0 N–H and O–H groups in total. The van der Waals surface area contributed by atoms with Gasteiger partial charge in [0, 0.05) is 12.8 Å². The third-order valence-electron chi connectivity index (χ3n) is 6.08. The van der Waals surface area contributed by atoms with Gasteiger partial charge in [-0.3, -0.25) is 0 Å². The van der Waals surface area contributed by atoms with Gasteiger partial charge in [-0.15, -0.1) is 11.8 Å². The van der Waals surface area contributed by atoms with Crippen LogP contribution in [-0.2, 0) is 14.2 Å². The predicted molar refractivity (Wildman–Crippen MR) is 134 cm³/mol. The summed E-state index contributed by atoms with van der Waals surface area (Å²) in [5, 5.41) is 0. The fraction of sp³-hybridized carbons (Fsp3) is 0.690. The second kappa shape index (κ2) is 15.1. The van der Waals surface area contributed by atoms with Crippen LogP contribution in [-0.4, -0.2) is 30.1 Å². The van der Waals surface area contributed by atoms with Crippen LogP contribution in [0.4, 0.5) is 0 Å². The van der Waals surface area contributed by atoms with Gasteiger partial charge in [-0.1, -0.05) is 70.6 Å². The van der Waals surface area contributed by atoms with Crippen LogP contribution in [0.25, 0.3) is 0 Å². The van der Waals surface area contributed by atoms with E-state index < -0.39 is 5.79 Å². The molecule has 3 atom stereocenters. The highest BCUT2D eigenvalue weighted by Gasteiger charge is 2.45. The molecule has 0 aromatic heterocycles. The number of unbranched alkanes of at least 4 members (excludes halogenated alkanes) is 8. The first-order valence-electron chi connectivity index (χ1n) is 13.0. The van der Waals surface area contributed by atoms with Crippen molar-refractivity contribution in [1.29, 1.82) is 0 Å². The van der Waals surface area contributed by atoms with Gasteiger partial charge in [0.25, 0.3) is 0 Å². The summed E-state index contributed by atoms with van der Waals surface area (Å²) in [7, 11) is 0. The lowest BCUT2D eigenvalue weighted by molar-refractivity contribution is -0.156. The van der Waals surface area contributed by atoms with Gasteiger partial charge in [0.05, 0.1) is 11.7 Å². The number of hydrogen-bond acceptors (Lipinski definition) is 4. The first-order chi connectivity index (χ1) is 16.0. The number of hydrogen-bond donors (Lipinski definition) is 0. The Morgan fingerprint density at radius 2 is 1.58 bits per heavy atom. The number of ether oxygens (including phenoxy) is 3. The van der Waals surface area contributed by atoms with Crippen LogP contribution in [0, 0.1) is 11.8 Å². The number of carbonyl (C=O) groups is 1. The molecule has 1 aliphatic heterocycles. The largest absolute Gasteiger partial charge is 0.456 e. The van der Waals surface area contributed by atoms with Crippen molar-refractivity contribution in [2.24, 2.45) is 0 Å². The highest BCUT2D eigenvalue weighted by molar-refractivity contribution is 5.89. The summed E-state index contributed by atoms with van der Waals surface area (Å²) < 4.78 is 18.2.